The number of carbonyl (C=O) groups is 3. The number of halogens is 3. The molecule has 3 N–H and O–H groups in total. The standard InChI is InChI=1S/C17H19F3N2O5/c1-9(14(24)22-16(26)21-8-17(18,19)20)27-15(25)12-6-10-4-2-3-5-11(10)7-13(12)23/h6-7,9,23H,2-5,8H2,1H3,(H2,21,22,24,26)/t9-/m0/s1. The van der Waals surface area contributed by atoms with Crippen molar-refractivity contribution in [3.8, 4) is 5.75 Å². The molecule has 0 bridgehead atoms. The van der Waals surface area contributed by atoms with Crippen LogP contribution in [0.15, 0.2) is 12.1 Å². The summed E-state index contributed by atoms with van der Waals surface area (Å²) >= 11 is 0. The molecule has 0 heterocycles. The number of phenolic OH excluding ortho intramolecular Hbond substituents is 1. The van der Waals surface area contributed by atoms with E-state index in [1.807, 2.05) is 0 Å². The number of fused-ring (bicyclic) bond motifs is 1. The van der Waals surface area contributed by atoms with E-state index >= 15 is 0 Å². The molecule has 0 aliphatic heterocycles. The van der Waals surface area contributed by atoms with Gasteiger partial charge in [-0.05, 0) is 55.9 Å². The largest absolute Gasteiger partial charge is 0.507 e. The van der Waals surface area contributed by atoms with E-state index in [0.717, 1.165) is 43.7 Å². The van der Waals surface area contributed by atoms with Crippen LogP contribution in [-0.2, 0) is 22.4 Å². The molecule has 27 heavy (non-hydrogen) atoms. The van der Waals surface area contributed by atoms with Gasteiger partial charge < -0.3 is 15.2 Å². The zero-order chi connectivity index (χ0) is 20.2. The average Bonchev–Trinajstić information content (AvgIpc) is 2.58. The third-order valence-electron chi connectivity index (χ3n) is 4.02. The molecule has 1 aliphatic carbocycles. The molecule has 148 valence electrons. The average molecular weight is 388 g/mol. The number of aryl methyl sites for hydroxylation is 2. The van der Waals surface area contributed by atoms with E-state index in [4.69, 9.17) is 4.74 Å². The molecule has 0 saturated carbocycles. The van der Waals surface area contributed by atoms with E-state index in [1.54, 1.807) is 5.32 Å². The zero-order valence-electron chi connectivity index (χ0n) is 14.5. The lowest BCUT2D eigenvalue weighted by Crippen LogP contribution is -2.47. The predicted molar refractivity (Wildman–Crippen MR) is 87.2 cm³/mol. The first-order chi connectivity index (χ1) is 12.6. The first-order valence-electron chi connectivity index (χ1n) is 8.28. The molecule has 0 radical (unpaired) electrons. The lowest BCUT2D eigenvalue weighted by atomic mass is 9.90. The van der Waals surface area contributed by atoms with Gasteiger partial charge in [-0.1, -0.05) is 0 Å². The van der Waals surface area contributed by atoms with Gasteiger partial charge >= 0.3 is 18.2 Å². The van der Waals surface area contributed by atoms with Crippen LogP contribution in [0.4, 0.5) is 18.0 Å². The molecule has 0 saturated heterocycles. The van der Waals surface area contributed by atoms with Gasteiger partial charge in [0.25, 0.3) is 5.91 Å². The van der Waals surface area contributed by atoms with E-state index in [-0.39, 0.29) is 11.3 Å². The third-order valence-corrected chi connectivity index (χ3v) is 4.02. The lowest BCUT2D eigenvalue weighted by molar-refractivity contribution is -0.129. The summed E-state index contributed by atoms with van der Waals surface area (Å²) in [4.78, 5) is 35.2. The van der Waals surface area contributed by atoms with Crippen molar-refractivity contribution in [2.24, 2.45) is 0 Å². The Morgan fingerprint density at radius 1 is 1.19 bits per heavy atom. The minimum absolute atomic E-state index is 0.114. The van der Waals surface area contributed by atoms with E-state index < -0.39 is 36.7 Å². The molecule has 1 aromatic carbocycles. The molecule has 0 fully saturated rings. The van der Waals surface area contributed by atoms with E-state index in [9.17, 15) is 32.7 Å². The summed E-state index contributed by atoms with van der Waals surface area (Å²) in [5.41, 5.74) is 1.74. The number of nitrogens with one attached hydrogen (secondary N) is 2. The number of ether oxygens (including phenoxy) is 1. The highest BCUT2D eigenvalue weighted by atomic mass is 19.4. The fraction of sp³-hybridized carbons (Fsp3) is 0.471. The highest BCUT2D eigenvalue weighted by molar-refractivity contribution is 5.99. The minimum Gasteiger partial charge on any atom is -0.507 e. The number of benzene rings is 1. The van der Waals surface area contributed by atoms with Gasteiger partial charge in [-0.25, -0.2) is 9.59 Å². The van der Waals surface area contributed by atoms with Crippen LogP contribution in [0.3, 0.4) is 0 Å². The van der Waals surface area contributed by atoms with Gasteiger partial charge in [-0.3, -0.25) is 10.1 Å². The normalized spacial score (nSPS) is 14.7. The van der Waals surface area contributed by atoms with Crippen molar-refractivity contribution in [3.63, 3.8) is 0 Å². The number of urea groups is 1. The number of amides is 3. The van der Waals surface area contributed by atoms with Gasteiger partial charge in [-0.15, -0.1) is 0 Å². The number of esters is 1. The molecule has 2 rings (SSSR count). The molecule has 3 amide bonds. The molecule has 1 aromatic rings. The Hall–Kier alpha value is -2.78. The van der Waals surface area contributed by atoms with Crippen LogP contribution in [0.25, 0.3) is 0 Å². The number of alkyl halides is 3. The molecule has 10 heteroatoms. The predicted octanol–water partition coefficient (Wildman–Crippen LogP) is 2.20. The van der Waals surface area contributed by atoms with E-state index in [0.29, 0.717) is 0 Å². The summed E-state index contributed by atoms with van der Waals surface area (Å²) in [6, 6.07) is 1.63. The Balaban J connectivity index is 1.95. The summed E-state index contributed by atoms with van der Waals surface area (Å²) in [6.07, 6.45) is -2.58. The quantitative estimate of drug-likeness (QED) is 0.686. The number of hydrogen-bond acceptors (Lipinski definition) is 5. The molecule has 1 atom stereocenters. The Morgan fingerprint density at radius 3 is 2.37 bits per heavy atom. The second-order valence-electron chi connectivity index (χ2n) is 6.18. The molecular weight excluding hydrogens is 369 g/mol. The van der Waals surface area contributed by atoms with Crippen LogP contribution in [0.2, 0.25) is 0 Å². The fourth-order valence-corrected chi connectivity index (χ4v) is 2.65. The molecular formula is C17H19F3N2O5. The maximum atomic E-state index is 12.2. The number of rotatable bonds is 4. The summed E-state index contributed by atoms with van der Waals surface area (Å²) in [6.45, 7) is -0.455. The van der Waals surface area contributed by atoms with Crippen molar-refractivity contribution in [3.05, 3.63) is 28.8 Å². The van der Waals surface area contributed by atoms with Crippen LogP contribution in [0.1, 0.15) is 41.3 Å². The highest BCUT2D eigenvalue weighted by Gasteiger charge is 2.29. The maximum Gasteiger partial charge on any atom is 0.405 e. The number of carbonyl (C=O) groups excluding carboxylic acids is 3. The lowest BCUT2D eigenvalue weighted by Gasteiger charge is -2.18. The Morgan fingerprint density at radius 2 is 1.78 bits per heavy atom. The SMILES string of the molecule is C[C@H](OC(=O)c1cc2c(cc1O)CCCC2)C(=O)NC(=O)NCC(F)(F)F. The van der Waals surface area contributed by atoms with Gasteiger partial charge in [-0.2, -0.15) is 13.2 Å². The molecule has 7 nitrogen and oxygen atoms in total. The van der Waals surface area contributed by atoms with Crippen LogP contribution in [0, 0.1) is 0 Å². The maximum absolute atomic E-state index is 12.2. The Kier molecular flexibility index (Phi) is 6.29. The van der Waals surface area contributed by atoms with Crippen LogP contribution < -0.4 is 10.6 Å². The van der Waals surface area contributed by atoms with Gasteiger partial charge in [0.1, 0.15) is 17.9 Å². The molecule has 0 unspecified atom stereocenters. The van der Waals surface area contributed by atoms with Crippen molar-refractivity contribution >= 4 is 17.9 Å². The topological polar surface area (TPSA) is 105 Å². The summed E-state index contributed by atoms with van der Waals surface area (Å²) < 4.78 is 40.9. The first kappa shape index (κ1) is 20.5. The fourth-order valence-electron chi connectivity index (χ4n) is 2.65. The molecule has 0 spiro atoms. The van der Waals surface area contributed by atoms with Crippen LogP contribution >= 0.6 is 0 Å². The second-order valence-corrected chi connectivity index (χ2v) is 6.18. The third kappa shape index (κ3) is 5.87. The van der Waals surface area contributed by atoms with Gasteiger partial charge in [0.2, 0.25) is 0 Å². The minimum atomic E-state index is -4.62. The second kappa shape index (κ2) is 8.28. The number of phenols is 1. The van der Waals surface area contributed by atoms with Crippen molar-refractivity contribution in [1.82, 2.24) is 10.6 Å². The zero-order valence-corrected chi connectivity index (χ0v) is 14.5. The van der Waals surface area contributed by atoms with Crippen molar-refractivity contribution in [1.29, 1.82) is 0 Å². The van der Waals surface area contributed by atoms with E-state index in [2.05, 4.69) is 0 Å². The first-order valence-corrected chi connectivity index (χ1v) is 8.28. The molecule has 0 aromatic heterocycles. The monoisotopic (exact) mass is 388 g/mol. The summed E-state index contributed by atoms with van der Waals surface area (Å²) in [7, 11) is 0. The van der Waals surface area contributed by atoms with Crippen molar-refractivity contribution in [2.75, 3.05) is 6.54 Å². The Labute approximate surface area is 152 Å². The number of imide groups is 1. The molecule has 1 aliphatic rings. The van der Waals surface area contributed by atoms with E-state index in [1.165, 1.54) is 17.4 Å². The number of hydrogen-bond donors (Lipinski definition) is 3. The van der Waals surface area contributed by atoms with Gasteiger partial charge in [0.05, 0.1) is 0 Å². The Bertz CT molecular complexity index is 749. The van der Waals surface area contributed by atoms with Crippen molar-refractivity contribution < 1.29 is 37.4 Å². The highest BCUT2D eigenvalue weighted by Crippen LogP contribution is 2.29. The summed E-state index contributed by atoms with van der Waals surface area (Å²) in [5, 5.41) is 13.1. The van der Waals surface area contributed by atoms with Gasteiger partial charge in [0.15, 0.2) is 6.10 Å². The van der Waals surface area contributed by atoms with Crippen LogP contribution in [-0.4, -0.2) is 41.8 Å². The smallest absolute Gasteiger partial charge is 0.405 e. The summed E-state index contributed by atoms with van der Waals surface area (Å²) in [5.74, 6) is -2.35. The number of aromatic hydroxyl groups is 1. The van der Waals surface area contributed by atoms with Crippen LogP contribution in [0.5, 0.6) is 5.75 Å². The van der Waals surface area contributed by atoms with Gasteiger partial charge in [0, 0.05) is 0 Å². The van der Waals surface area contributed by atoms with Crippen molar-refractivity contribution in [2.45, 2.75) is 44.9 Å².